The Morgan fingerprint density at radius 1 is 0.487 bits per heavy atom. The van der Waals surface area contributed by atoms with Gasteiger partial charge >= 0.3 is 0 Å². The summed E-state index contributed by atoms with van der Waals surface area (Å²) in [7, 11) is 0. The fourth-order valence-electron chi connectivity index (χ4n) is 11.9. The summed E-state index contributed by atoms with van der Waals surface area (Å²) in [6.07, 6.45) is 6.07. The second-order valence-corrected chi connectivity index (χ2v) is 26.8. The maximum Gasteiger partial charge on any atom is 0.252 e. The number of nitrogens with zero attached hydrogens (tertiary/aromatic N) is 3. The average Bonchev–Trinajstić information content (AvgIpc) is 4.06. The maximum absolute atomic E-state index is 7.05. The molecule has 76 heavy (non-hydrogen) atoms. The first kappa shape index (κ1) is 50.9. The van der Waals surface area contributed by atoms with E-state index in [-0.39, 0.29) is 33.8 Å². The molecule has 2 aliphatic heterocycles. The van der Waals surface area contributed by atoms with Gasteiger partial charge in [0.15, 0.2) is 5.58 Å². The van der Waals surface area contributed by atoms with Gasteiger partial charge in [-0.2, -0.15) is 0 Å². The van der Waals surface area contributed by atoms with Crippen LogP contribution in [0.2, 0.25) is 0 Å². The summed E-state index contributed by atoms with van der Waals surface area (Å²) in [5, 5.41) is 2.22. The van der Waals surface area contributed by atoms with E-state index in [9.17, 15) is 0 Å². The lowest BCUT2D eigenvalue weighted by atomic mass is 9.33. The Kier molecular flexibility index (Phi) is 11.8. The number of aromatic nitrogens is 1. The van der Waals surface area contributed by atoms with Gasteiger partial charge in [-0.1, -0.05) is 195 Å². The van der Waals surface area contributed by atoms with Crippen LogP contribution in [0.1, 0.15) is 139 Å². The quantitative estimate of drug-likeness (QED) is 0.155. The fourth-order valence-corrected chi connectivity index (χ4v) is 11.9. The monoisotopic (exact) mass is 998 g/mol. The van der Waals surface area contributed by atoms with Crippen molar-refractivity contribution in [3.8, 4) is 16.8 Å². The topological polar surface area (TPSA) is 24.6 Å². The van der Waals surface area contributed by atoms with Crippen LogP contribution in [0, 0.1) is 0 Å². The van der Waals surface area contributed by atoms with Gasteiger partial charge in [-0.3, -0.25) is 0 Å². The van der Waals surface area contributed by atoms with E-state index in [4.69, 9.17) is 4.42 Å². The number of rotatable bonds is 6. The first-order valence-corrected chi connectivity index (χ1v) is 27.5. The molecule has 384 valence electrons. The van der Waals surface area contributed by atoms with Gasteiger partial charge in [-0.25, -0.2) is 0 Å². The standard InChI is InChI=1S/C71H76BN3O/c1-18-23-62-53(19-2)65-66(76-62)55-39-48(70(12,13)14)40-57-64(55)75(65)61-42-49(71(15,16)17)41-60-63(61)72(57)56-36-35-52(43-59(56)74(60)58-37-30-47(69(9,10)11)38-54(58)44-24-21-20-22-25-44)73(50-31-26-45(27-32-50)67(3,4)5)51-33-28-46(29-34-51)68(6,7)8/h18-43H,1H2,2-17H3/b53-19+,62-23+. The molecule has 4 heterocycles. The van der Waals surface area contributed by atoms with Crippen molar-refractivity contribution in [3.05, 3.63) is 191 Å². The lowest BCUT2D eigenvalue weighted by molar-refractivity contribution is 0.578. The number of fused-ring (bicyclic) bond motifs is 7. The molecule has 2 aromatic heterocycles. The molecule has 9 aromatic rings. The van der Waals surface area contributed by atoms with Gasteiger partial charge in [-0.05, 0) is 157 Å². The molecule has 0 bridgehead atoms. The van der Waals surface area contributed by atoms with Gasteiger partial charge in [0, 0.05) is 50.3 Å². The summed E-state index contributed by atoms with van der Waals surface area (Å²) in [5.74, 6) is 0. The highest BCUT2D eigenvalue weighted by Crippen LogP contribution is 2.49. The number of benzene rings is 7. The number of hydrogen-bond donors (Lipinski definition) is 0. The molecule has 0 saturated carbocycles. The molecule has 0 spiro atoms. The van der Waals surface area contributed by atoms with E-state index < -0.39 is 0 Å². The van der Waals surface area contributed by atoms with Crippen LogP contribution in [0.25, 0.3) is 51.0 Å². The summed E-state index contributed by atoms with van der Waals surface area (Å²) in [5.41, 5.74) is 24.4. The Morgan fingerprint density at radius 2 is 1.03 bits per heavy atom. The molecule has 0 atom stereocenters. The molecule has 0 saturated heterocycles. The van der Waals surface area contributed by atoms with Crippen molar-refractivity contribution in [2.24, 2.45) is 0 Å². The van der Waals surface area contributed by atoms with Crippen molar-refractivity contribution in [1.29, 1.82) is 0 Å². The van der Waals surface area contributed by atoms with E-state index in [1.807, 2.05) is 12.2 Å². The van der Waals surface area contributed by atoms with Crippen molar-refractivity contribution in [1.82, 2.24) is 4.57 Å². The normalized spacial score (nSPS) is 14.2. The van der Waals surface area contributed by atoms with Crippen LogP contribution < -0.4 is 36.8 Å². The second kappa shape index (κ2) is 17.7. The van der Waals surface area contributed by atoms with E-state index in [1.54, 1.807) is 0 Å². The molecule has 2 aliphatic rings. The predicted molar refractivity (Wildman–Crippen MR) is 330 cm³/mol. The molecular weight excluding hydrogens is 922 g/mol. The third kappa shape index (κ3) is 8.37. The third-order valence-electron chi connectivity index (χ3n) is 16.3. The van der Waals surface area contributed by atoms with Crippen LogP contribution >= 0.6 is 0 Å². The lowest BCUT2D eigenvalue weighted by Gasteiger charge is -2.43. The van der Waals surface area contributed by atoms with E-state index in [1.165, 1.54) is 77.9 Å². The van der Waals surface area contributed by atoms with Crippen molar-refractivity contribution in [2.45, 2.75) is 138 Å². The van der Waals surface area contributed by atoms with Crippen LogP contribution in [0.3, 0.4) is 0 Å². The highest BCUT2D eigenvalue weighted by atomic mass is 16.3. The highest BCUT2D eigenvalue weighted by molar-refractivity contribution is 7.00. The molecule has 11 rings (SSSR count). The van der Waals surface area contributed by atoms with Crippen molar-refractivity contribution < 1.29 is 4.42 Å². The third-order valence-corrected chi connectivity index (χ3v) is 16.3. The zero-order chi connectivity index (χ0) is 54.2. The lowest BCUT2D eigenvalue weighted by Crippen LogP contribution is -2.61. The van der Waals surface area contributed by atoms with Gasteiger partial charge in [0.2, 0.25) is 0 Å². The van der Waals surface area contributed by atoms with Gasteiger partial charge in [0.1, 0.15) is 10.9 Å². The molecule has 5 heteroatoms. The molecule has 0 radical (unpaired) electrons. The highest BCUT2D eigenvalue weighted by Gasteiger charge is 2.45. The molecule has 0 N–H and O–H groups in total. The molecule has 0 aliphatic carbocycles. The minimum atomic E-state index is -0.192. The van der Waals surface area contributed by atoms with E-state index in [0.29, 0.717) is 0 Å². The Labute approximate surface area is 453 Å². The second-order valence-electron chi connectivity index (χ2n) is 26.8. The molecular formula is C71H76BN3O. The van der Waals surface area contributed by atoms with Crippen LogP contribution in [0.5, 0.6) is 0 Å². The van der Waals surface area contributed by atoms with Crippen molar-refractivity contribution in [2.75, 3.05) is 9.80 Å². The minimum absolute atomic E-state index is 0.0159. The summed E-state index contributed by atoms with van der Waals surface area (Å²) in [4.78, 5) is 5.10. The minimum Gasteiger partial charge on any atom is -0.454 e. The molecule has 0 amide bonds. The summed E-state index contributed by atoms with van der Waals surface area (Å²) in [6.45, 7) is 40.9. The maximum atomic E-state index is 7.05. The van der Waals surface area contributed by atoms with Gasteiger partial charge in [0.25, 0.3) is 6.71 Å². The number of allylic oxidation sites excluding steroid dienone is 1. The Bertz CT molecular complexity index is 3850. The van der Waals surface area contributed by atoms with Crippen LogP contribution in [0.4, 0.5) is 34.1 Å². The Morgan fingerprint density at radius 3 is 1.58 bits per heavy atom. The molecule has 0 fully saturated rings. The summed E-state index contributed by atoms with van der Waals surface area (Å²) < 4.78 is 9.62. The van der Waals surface area contributed by atoms with Gasteiger partial charge in [0.05, 0.1) is 11.2 Å². The smallest absolute Gasteiger partial charge is 0.252 e. The Balaban J connectivity index is 1.31. The zero-order valence-corrected chi connectivity index (χ0v) is 48.0. The SMILES string of the molecule is C=C/C=c1/oc2c3cc(C(C)(C)C)cc4c3n(c2/c1=C/C)-c1cc(C(C)(C)C)cc2c1B4c1ccc(N(c3ccc(C(C)(C)C)cc3)c3ccc(C(C)(C)C)cc3)cc1N2c1ccc(C(C)(C)C)cc1-c1ccccc1. The fraction of sp³-hybridized carbons (Fsp3) is 0.296. The zero-order valence-electron chi connectivity index (χ0n) is 48.0. The van der Waals surface area contributed by atoms with Gasteiger partial charge in [-0.15, -0.1) is 0 Å². The van der Waals surface area contributed by atoms with Crippen LogP contribution in [0.15, 0.2) is 157 Å². The number of anilines is 6. The van der Waals surface area contributed by atoms with Crippen molar-refractivity contribution in [3.63, 3.8) is 0 Å². The predicted octanol–water partition coefficient (Wildman–Crippen LogP) is 16.4. The van der Waals surface area contributed by atoms with Crippen LogP contribution in [-0.2, 0) is 27.1 Å². The summed E-state index contributed by atoms with van der Waals surface area (Å²) in [6, 6.07) is 54.0. The Hall–Kier alpha value is -7.24. The van der Waals surface area contributed by atoms with E-state index >= 15 is 0 Å². The average molecular weight is 998 g/mol. The first-order chi connectivity index (χ1) is 35.8. The van der Waals surface area contributed by atoms with E-state index in [2.05, 4.69) is 277 Å². The van der Waals surface area contributed by atoms with Crippen molar-refractivity contribution >= 4 is 91.4 Å². The molecule has 7 aromatic carbocycles. The summed E-state index contributed by atoms with van der Waals surface area (Å²) >= 11 is 0. The number of hydrogen-bond acceptors (Lipinski definition) is 3. The molecule has 0 unspecified atom stereocenters. The van der Waals surface area contributed by atoms with Gasteiger partial charge < -0.3 is 18.8 Å². The molecule has 4 nitrogen and oxygen atoms in total. The van der Waals surface area contributed by atoms with Crippen LogP contribution in [-0.4, -0.2) is 11.3 Å². The van der Waals surface area contributed by atoms with E-state index in [0.717, 1.165) is 49.9 Å². The largest absolute Gasteiger partial charge is 0.454 e. The first-order valence-electron chi connectivity index (χ1n) is 27.5. The number of furan rings is 1.